The van der Waals surface area contributed by atoms with Gasteiger partial charge in [0.05, 0.1) is 5.71 Å². The van der Waals surface area contributed by atoms with Gasteiger partial charge in [-0.25, -0.2) is 0 Å². The lowest BCUT2D eigenvalue weighted by Crippen LogP contribution is -1.81. The van der Waals surface area contributed by atoms with Crippen molar-refractivity contribution < 1.29 is 5.21 Å². The Morgan fingerprint density at radius 3 is 2.78 bits per heavy atom. The quantitative estimate of drug-likeness (QED) is 0.352. The number of hydrogen-bond donors (Lipinski definition) is 1. The minimum atomic E-state index is 0.656. The van der Waals surface area contributed by atoms with Gasteiger partial charge in [-0.05, 0) is 19.4 Å². The monoisotopic (exact) mass is 127 g/mol. The largest absolute Gasteiger partial charge is 0.411 e. The molecule has 0 unspecified atom stereocenters. The van der Waals surface area contributed by atoms with Crippen molar-refractivity contribution in [2.24, 2.45) is 5.16 Å². The highest BCUT2D eigenvalue weighted by molar-refractivity contribution is 5.92. The summed E-state index contributed by atoms with van der Waals surface area (Å²) in [7, 11) is 0. The Morgan fingerprint density at radius 1 is 1.67 bits per heavy atom. The summed E-state index contributed by atoms with van der Waals surface area (Å²) in [4.78, 5) is 0. The zero-order chi connectivity index (χ0) is 7.11. The SMILES string of the molecule is CCC/C=C\C(C)=N/O. The fourth-order valence-corrected chi connectivity index (χ4v) is 0.454. The Bertz CT molecular complexity index is 116. The van der Waals surface area contributed by atoms with Gasteiger partial charge in [-0.3, -0.25) is 0 Å². The van der Waals surface area contributed by atoms with Gasteiger partial charge in [0, 0.05) is 0 Å². The molecule has 1 N–H and O–H groups in total. The smallest absolute Gasteiger partial charge is 0.0761 e. The highest BCUT2D eigenvalue weighted by Gasteiger charge is 1.78. The Morgan fingerprint density at radius 2 is 2.33 bits per heavy atom. The van der Waals surface area contributed by atoms with Gasteiger partial charge in [0.2, 0.25) is 0 Å². The number of rotatable bonds is 3. The van der Waals surface area contributed by atoms with E-state index in [4.69, 9.17) is 5.21 Å². The second-order valence-electron chi connectivity index (χ2n) is 1.93. The molecular formula is C7H13NO. The van der Waals surface area contributed by atoms with Crippen LogP contribution < -0.4 is 0 Å². The second-order valence-corrected chi connectivity index (χ2v) is 1.93. The molecule has 0 aromatic rings. The number of hydrogen-bond acceptors (Lipinski definition) is 2. The minimum absolute atomic E-state index is 0.656. The third-order valence-electron chi connectivity index (χ3n) is 0.972. The van der Waals surface area contributed by atoms with Crippen LogP contribution in [0.1, 0.15) is 26.7 Å². The molecule has 0 atom stereocenters. The minimum Gasteiger partial charge on any atom is -0.411 e. The van der Waals surface area contributed by atoms with Crippen LogP contribution >= 0.6 is 0 Å². The summed E-state index contributed by atoms with van der Waals surface area (Å²) in [5.74, 6) is 0. The highest BCUT2D eigenvalue weighted by Crippen LogP contribution is 1.88. The molecule has 0 amide bonds. The molecule has 0 spiro atoms. The Labute approximate surface area is 55.9 Å². The van der Waals surface area contributed by atoms with E-state index in [9.17, 15) is 0 Å². The van der Waals surface area contributed by atoms with E-state index in [0.717, 1.165) is 12.8 Å². The zero-order valence-electron chi connectivity index (χ0n) is 5.96. The van der Waals surface area contributed by atoms with Crippen LogP contribution in [0.3, 0.4) is 0 Å². The van der Waals surface area contributed by atoms with Crippen molar-refractivity contribution in [3.63, 3.8) is 0 Å². The molecule has 0 aromatic carbocycles. The lowest BCUT2D eigenvalue weighted by atomic mass is 10.3. The molecule has 52 valence electrons. The summed E-state index contributed by atoms with van der Waals surface area (Å²) in [5, 5.41) is 11.2. The van der Waals surface area contributed by atoms with Crippen molar-refractivity contribution in [2.45, 2.75) is 26.7 Å². The van der Waals surface area contributed by atoms with Gasteiger partial charge in [-0.2, -0.15) is 0 Å². The van der Waals surface area contributed by atoms with E-state index in [0.29, 0.717) is 5.71 Å². The molecule has 0 rings (SSSR count). The lowest BCUT2D eigenvalue weighted by Gasteiger charge is -1.84. The van der Waals surface area contributed by atoms with Gasteiger partial charge in [0.15, 0.2) is 0 Å². The van der Waals surface area contributed by atoms with E-state index in [1.165, 1.54) is 0 Å². The molecule has 0 radical (unpaired) electrons. The van der Waals surface area contributed by atoms with E-state index >= 15 is 0 Å². The molecular weight excluding hydrogens is 114 g/mol. The number of oxime groups is 1. The Kier molecular flexibility index (Phi) is 4.88. The van der Waals surface area contributed by atoms with Gasteiger partial charge in [-0.1, -0.05) is 24.6 Å². The van der Waals surface area contributed by atoms with Crippen LogP contribution in [0, 0.1) is 0 Å². The molecule has 0 aliphatic heterocycles. The van der Waals surface area contributed by atoms with Gasteiger partial charge < -0.3 is 5.21 Å². The maximum absolute atomic E-state index is 8.17. The first kappa shape index (κ1) is 8.21. The first-order valence-corrected chi connectivity index (χ1v) is 3.16. The molecule has 9 heavy (non-hydrogen) atoms. The summed E-state index contributed by atoms with van der Waals surface area (Å²) in [5.41, 5.74) is 0.656. The lowest BCUT2D eigenvalue weighted by molar-refractivity contribution is 0.319. The Balaban J connectivity index is 3.45. The molecule has 2 heteroatoms. The Hall–Kier alpha value is -0.790. The maximum Gasteiger partial charge on any atom is 0.0761 e. The molecule has 0 saturated heterocycles. The fourth-order valence-electron chi connectivity index (χ4n) is 0.454. The zero-order valence-corrected chi connectivity index (χ0v) is 5.96. The van der Waals surface area contributed by atoms with Crippen LogP contribution in [0.15, 0.2) is 17.3 Å². The van der Waals surface area contributed by atoms with E-state index in [1.54, 1.807) is 6.92 Å². The van der Waals surface area contributed by atoms with E-state index in [1.807, 2.05) is 12.2 Å². The molecule has 0 aliphatic rings. The van der Waals surface area contributed by atoms with Crippen molar-refractivity contribution in [3.05, 3.63) is 12.2 Å². The topological polar surface area (TPSA) is 32.6 Å². The fraction of sp³-hybridized carbons (Fsp3) is 0.571. The molecule has 2 nitrogen and oxygen atoms in total. The predicted octanol–water partition coefficient (Wildman–Crippen LogP) is 2.19. The van der Waals surface area contributed by atoms with Crippen LogP contribution in [0.4, 0.5) is 0 Å². The summed E-state index contributed by atoms with van der Waals surface area (Å²) in [6, 6.07) is 0. The third kappa shape index (κ3) is 5.07. The summed E-state index contributed by atoms with van der Waals surface area (Å²) in [6.45, 7) is 3.86. The van der Waals surface area contributed by atoms with E-state index in [2.05, 4.69) is 12.1 Å². The van der Waals surface area contributed by atoms with Crippen LogP contribution in [-0.4, -0.2) is 10.9 Å². The molecule has 0 aliphatic carbocycles. The summed E-state index contributed by atoms with van der Waals surface area (Å²) >= 11 is 0. The molecule has 0 heterocycles. The first-order valence-electron chi connectivity index (χ1n) is 3.16. The summed E-state index contributed by atoms with van der Waals surface area (Å²) < 4.78 is 0. The van der Waals surface area contributed by atoms with Crippen molar-refractivity contribution in [1.82, 2.24) is 0 Å². The van der Waals surface area contributed by atoms with Crippen molar-refractivity contribution in [2.75, 3.05) is 0 Å². The van der Waals surface area contributed by atoms with Crippen molar-refractivity contribution in [1.29, 1.82) is 0 Å². The average Bonchev–Trinajstić information content (AvgIpc) is 1.89. The molecule has 0 aromatic heterocycles. The third-order valence-corrected chi connectivity index (χ3v) is 0.972. The van der Waals surface area contributed by atoms with E-state index in [-0.39, 0.29) is 0 Å². The number of unbranched alkanes of at least 4 members (excludes halogenated alkanes) is 1. The molecule has 0 fully saturated rings. The van der Waals surface area contributed by atoms with Crippen LogP contribution in [-0.2, 0) is 0 Å². The van der Waals surface area contributed by atoms with Crippen LogP contribution in [0.2, 0.25) is 0 Å². The maximum atomic E-state index is 8.17. The predicted molar refractivity (Wildman–Crippen MR) is 38.9 cm³/mol. The van der Waals surface area contributed by atoms with Gasteiger partial charge >= 0.3 is 0 Å². The summed E-state index contributed by atoms with van der Waals surface area (Å²) in [6.07, 6.45) is 5.99. The highest BCUT2D eigenvalue weighted by atomic mass is 16.4. The van der Waals surface area contributed by atoms with E-state index < -0.39 is 0 Å². The van der Waals surface area contributed by atoms with Crippen molar-refractivity contribution >= 4 is 5.71 Å². The average molecular weight is 127 g/mol. The van der Waals surface area contributed by atoms with Crippen molar-refractivity contribution in [3.8, 4) is 0 Å². The first-order chi connectivity index (χ1) is 4.31. The van der Waals surface area contributed by atoms with Crippen LogP contribution in [0.5, 0.6) is 0 Å². The normalized spacial score (nSPS) is 12.9. The van der Waals surface area contributed by atoms with Crippen LogP contribution in [0.25, 0.3) is 0 Å². The van der Waals surface area contributed by atoms with Gasteiger partial charge in [0.25, 0.3) is 0 Å². The standard InChI is InChI=1S/C7H13NO/c1-3-4-5-6-7(2)8-9/h5-6,9H,3-4H2,1-2H3/b6-5-,8-7-. The molecule has 0 bridgehead atoms. The molecule has 0 saturated carbocycles. The number of allylic oxidation sites excluding steroid dienone is 2. The van der Waals surface area contributed by atoms with Gasteiger partial charge in [-0.15, -0.1) is 0 Å². The number of nitrogens with zero attached hydrogens (tertiary/aromatic N) is 1. The second kappa shape index (κ2) is 5.35. The van der Waals surface area contributed by atoms with Gasteiger partial charge in [0.1, 0.15) is 0 Å².